The quantitative estimate of drug-likeness (QED) is 0.577. The molecule has 2 heterocycles. The minimum Gasteiger partial charge on any atom is -0.449 e. The van der Waals surface area contributed by atoms with Gasteiger partial charge in [-0.1, -0.05) is 0 Å². The molecule has 0 unspecified atom stereocenters. The van der Waals surface area contributed by atoms with Crippen LogP contribution in [-0.2, 0) is 0 Å². The summed E-state index contributed by atoms with van der Waals surface area (Å²) in [5, 5.41) is 2.84. The van der Waals surface area contributed by atoms with Crippen molar-refractivity contribution < 1.29 is 8.83 Å². The van der Waals surface area contributed by atoms with Gasteiger partial charge in [-0.2, -0.15) is 0 Å². The van der Waals surface area contributed by atoms with Crippen LogP contribution in [0.4, 0.5) is 11.8 Å². The lowest BCUT2D eigenvalue weighted by atomic mass is 10.6. The van der Waals surface area contributed by atoms with E-state index in [1.165, 1.54) is 6.34 Å². The van der Waals surface area contributed by atoms with Gasteiger partial charge in [0.15, 0.2) is 5.88 Å². The molecule has 0 amide bonds. The second-order valence-electron chi connectivity index (χ2n) is 2.33. The van der Waals surface area contributed by atoms with Crippen LogP contribution in [0.5, 0.6) is 0 Å². The molecule has 1 N–H and O–H groups in total. The third kappa shape index (κ3) is 1.99. The Morgan fingerprint density at radius 2 is 2.00 bits per heavy atom. The maximum absolute atomic E-state index is 5.02. The summed E-state index contributed by atoms with van der Waals surface area (Å²) in [4.78, 5) is 3.98. The van der Waals surface area contributed by atoms with E-state index in [1.807, 2.05) is 0 Å². The number of furan rings is 2. The maximum Gasteiger partial charge on any atom is 0.219 e. The van der Waals surface area contributed by atoms with Crippen LogP contribution in [-0.4, -0.2) is 6.34 Å². The SMILES string of the molecule is C(=Nc1ccco1)Nc1ccco1. The standard InChI is InChI=1S/C9H8N2O2/c1-3-8(12-5-1)10-7-11-9-4-2-6-13-9/h1-7H,(H,10,11). The highest BCUT2D eigenvalue weighted by Gasteiger charge is 1.90. The van der Waals surface area contributed by atoms with Crippen molar-refractivity contribution in [3.8, 4) is 0 Å². The predicted octanol–water partition coefficient (Wildman–Crippen LogP) is 2.64. The van der Waals surface area contributed by atoms with Crippen LogP contribution in [0.1, 0.15) is 0 Å². The summed E-state index contributed by atoms with van der Waals surface area (Å²) in [6.07, 6.45) is 4.67. The highest BCUT2D eigenvalue weighted by Crippen LogP contribution is 2.10. The lowest BCUT2D eigenvalue weighted by molar-refractivity contribution is 0.577. The van der Waals surface area contributed by atoms with Crippen LogP contribution in [0.25, 0.3) is 0 Å². The van der Waals surface area contributed by atoms with E-state index in [-0.39, 0.29) is 0 Å². The molecule has 66 valence electrons. The molecule has 0 aliphatic heterocycles. The fourth-order valence-corrected chi connectivity index (χ4v) is 0.864. The van der Waals surface area contributed by atoms with E-state index in [0.717, 1.165) is 0 Å². The minimum absolute atomic E-state index is 0.555. The molecular formula is C9H8N2O2. The van der Waals surface area contributed by atoms with Gasteiger partial charge < -0.3 is 14.2 Å². The summed E-state index contributed by atoms with van der Waals surface area (Å²) in [6.45, 7) is 0. The number of rotatable bonds is 3. The van der Waals surface area contributed by atoms with E-state index in [0.29, 0.717) is 11.8 Å². The first-order valence-electron chi connectivity index (χ1n) is 3.81. The summed E-state index contributed by atoms with van der Waals surface area (Å²) < 4.78 is 10.0. The molecule has 2 rings (SSSR count). The van der Waals surface area contributed by atoms with E-state index in [1.54, 1.807) is 36.8 Å². The van der Waals surface area contributed by atoms with E-state index >= 15 is 0 Å². The summed E-state index contributed by atoms with van der Waals surface area (Å²) in [5.74, 6) is 1.20. The van der Waals surface area contributed by atoms with Crippen molar-refractivity contribution in [2.24, 2.45) is 4.99 Å². The normalized spacial score (nSPS) is 10.8. The molecule has 0 spiro atoms. The van der Waals surface area contributed by atoms with E-state index in [9.17, 15) is 0 Å². The second-order valence-corrected chi connectivity index (χ2v) is 2.33. The zero-order valence-corrected chi connectivity index (χ0v) is 6.81. The molecule has 4 heteroatoms. The van der Waals surface area contributed by atoms with Crippen LogP contribution >= 0.6 is 0 Å². The molecule has 2 aromatic heterocycles. The van der Waals surface area contributed by atoms with Gasteiger partial charge in [-0.25, -0.2) is 4.99 Å². The molecular weight excluding hydrogens is 168 g/mol. The monoisotopic (exact) mass is 176 g/mol. The van der Waals surface area contributed by atoms with Gasteiger partial charge in [0.2, 0.25) is 5.88 Å². The smallest absolute Gasteiger partial charge is 0.219 e. The molecule has 0 aliphatic carbocycles. The lowest BCUT2D eigenvalue weighted by Crippen LogP contribution is -1.90. The summed E-state index contributed by atoms with van der Waals surface area (Å²) in [7, 11) is 0. The van der Waals surface area contributed by atoms with Crippen LogP contribution in [0, 0.1) is 0 Å². The first kappa shape index (κ1) is 7.67. The average molecular weight is 176 g/mol. The van der Waals surface area contributed by atoms with Gasteiger partial charge in [-0.05, 0) is 12.1 Å². The Bertz CT molecular complexity index is 362. The van der Waals surface area contributed by atoms with Crippen molar-refractivity contribution in [1.29, 1.82) is 0 Å². The van der Waals surface area contributed by atoms with Gasteiger partial charge in [-0.15, -0.1) is 0 Å². The van der Waals surface area contributed by atoms with Gasteiger partial charge >= 0.3 is 0 Å². The van der Waals surface area contributed by atoms with E-state index in [4.69, 9.17) is 8.83 Å². The Morgan fingerprint density at radius 1 is 1.15 bits per heavy atom. The van der Waals surface area contributed by atoms with E-state index in [2.05, 4.69) is 10.3 Å². The maximum atomic E-state index is 5.02. The van der Waals surface area contributed by atoms with Crippen molar-refractivity contribution >= 4 is 18.1 Å². The molecule has 0 radical (unpaired) electrons. The first-order valence-corrected chi connectivity index (χ1v) is 3.81. The fraction of sp³-hybridized carbons (Fsp3) is 0. The Morgan fingerprint density at radius 3 is 2.69 bits per heavy atom. The van der Waals surface area contributed by atoms with Crippen molar-refractivity contribution in [1.82, 2.24) is 0 Å². The lowest BCUT2D eigenvalue weighted by Gasteiger charge is -1.90. The van der Waals surface area contributed by atoms with Gasteiger partial charge in [0.25, 0.3) is 0 Å². The summed E-state index contributed by atoms with van der Waals surface area (Å²) in [6, 6.07) is 7.14. The Balaban J connectivity index is 1.93. The van der Waals surface area contributed by atoms with Crippen LogP contribution in [0.15, 0.2) is 50.6 Å². The molecule has 0 bridgehead atoms. The van der Waals surface area contributed by atoms with Crippen molar-refractivity contribution in [3.63, 3.8) is 0 Å². The number of aliphatic imine (C=N–C) groups is 1. The largest absolute Gasteiger partial charge is 0.449 e. The Labute approximate surface area is 74.9 Å². The highest BCUT2D eigenvalue weighted by molar-refractivity contribution is 5.74. The summed E-state index contributed by atoms with van der Waals surface area (Å²) >= 11 is 0. The predicted molar refractivity (Wildman–Crippen MR) is 49.2 cm³/mol. The van der Waals surface area contributed by atoms with Gasteiger partial charge in [-0.3, -0.25) is 0 Å². The number of hydrogen-bond acceptors (Lipinski definition) is 3. The zero-order valence-electron chi connectivity index (χ0n) is 6.81. The molecule has 0 fully saturated rings. The van der Waals surface area contributed by atoms with Gasteiger partial charge in [0.1, 0.15) is 0 Å². The van der Waals surface area contributed by atoms with Crippen molar-refractivity contribution in [2.75, 3.05) is 5.32 Å². The molecule has 2 aromatic rings. The fourth-order valence-electron chi connectivity index (χ4n) is 0.864. The molecule has 4 nitrogen and oxygen atoms in total. The third-order valence-electron chi connectivity index (χ3n) is 1.43. The highest BCUT2D eigenvalue weighted by atomic mass is 16.3. The minimum atomic E-state index is 0.555. The molecule has 0 aliphatic rings. The number of hydrogen-bond donors (Lipinski definition) is 1. The van der Waals surface area contributed by atoms with Crippen LogP contribution < -0.4 is 5.32 Å². The van der Waals surface area contributed by atoms with Crippen molar-refractivity contribution in [3.05, 3.63) is 36.8 Å². The first-order chi connectivity index (χ1) is 6.45. The Kier molecular flexibility index (Phi) is 2.14. The van der Waals surface area contributed by atoms with Gasteiger partial charge in [0.05, 0.1) is 18.9 Å². The average Bonchev–Trinajstić information content (AvgIpc) is 2.75. The van der Waals surface area contributed by atoms with E-state index < -0.39 is 0 Å². The van der Waals surface area contributed by atoms with Crippen LogP contribution in [0.2, 0.25) is 0 Å². The molecule has 13 heavy (non-hydrogen) atoms. The number of anilines is 1. The Hall–Kier alpha value is -1.97. The molecule has 0 saturated heterocycles. The van der Waals surface area contributed by atoms with Crippen LogP contribution in [0.3, 0.4) is 0 Å². The molecule has 0 aromatic carbocycles. The third-order valence-corrected chi connectivity index (χ3v) is 1.43. The molecule has 0 saturated carbocycles. The van der Waals surface area contributed by atoms with Gasteiger partial charge in [0, 0.05) is 12.1 Å². The molecule has 0 atom stereocenters. The number of nitrogens with one attached hydrogen (secondary N) is 1. The van der Waals surface area contributed by atoms with Crippen molar-refractivity contribution in [2.45, 2.75) is 0 Å². The second kappa shape index (κ2) is 3.62. The topological polar surface area (TPSA) is 50.7 Å². The number of nitrogens with zero attached hydrogens (tertiary/aromatic N) is 1. The zero-order chi connectivity index (χ0) is 8.93. The summed E-state index contributed by atoms with van der Waals surface area (Å²) in [5.41, 5.74) is 0.